The van der Waals surface area contributed by atoms with E-state index in [9.17, 15) is 15.0 Å². The zero-order valence-electron chi connectivity index (χ0n) is 26.6. The summed E-state index contributed by atoms with van der Waals surface area (Å²) in [5, 5.41) is 24.3. The van der Waals surface area contributed by atoms with E-state index in [1.54, 1.807) is 36.4 Å². The molecule has 0 saturated carbocycles. The third-order valence-corrected chi connectivity index (χ3v) is 8.86. The van der Waals surface area contributed by atoms with Crippen molar-refractivity contribution in [3.63, 3.8) is 0 Å². The maximum atomic E-state index is 15.3. The average molecular weight is 684 g/mol. The van der Waals surface area contributed by atoms with Gasteiger partial charge in [0.2, 0.25) is 23.0 Å². The molecule has 1 saturated heterocycles. The first-order valence-corrected chi connectivity index (χ1v) is 15.8. The van der Waals surface area contributed by atoms with E-state index in [0.29, 0.717) is 0 Å². The van der Waals surface area contributed by atoms with Crippen LogP contribution in [0.2, 0.25) is 0 Å². The summed E-state index contributed by atoms with van der Waals surface area (Å²) in [6.07, 6.45) is -3.85. The minimum Gasteiger partial charge on any atom is -0.435 e. The number of anilines is 1. The van der Waals surface area contributed by atoms with Crippen molar-refractivity contribution >= 4 is 40.3 Å². The Bertz CT molecular complexity index is 2200. The Balaban J connectivity index is 1.57. The van der Waals surface area contributed by atoms with Crippen molar-refractivity contribution in [1.82, 2.24) is 19.5 Å². The molecule has 4 aromatic carbocycles. The second kappa shape index (κ2) is 13.1. The number of nitrogen functional groups attached to an aromatic ring is 1. The number of fused-ring (bicyclic) bond motifs is 1. The van der Waals surface area contributed by atoms with Gasteiger partial charge in [-0.15, -0.1) is 0 Å². The van der Waals surface area contributed by atoms with E-state index in [1.807, 2.05) is 0 Å². The van der Waals surface area contributed by atoms with Crippen molar-refractivity contribution in [2.45, 2.75) is 29.6 Å². The topological polar surface area (TPSA) is 197 Å². The van der Waals surface area contributed by atoms with Gasteiger partial charge < -0.3 is 25.4 Å². The first-order valence-electron chi connectivity index (χ1n) is 15.8. The molecule has 13 nitrogen and oxygen atoms in total. The number of imidazole rings is 1. The highest BCUT2D eigenvalue weighted by atomic mass is 16.6. The van der Waals surface area contributed by atoms with Gasteiger partial charge in [0, 0.05) is 16.7 Å². The first kappa shape index (κ1) is 33.1. The summed E-state index contributed by atoms with van der Waals surface area (Å²) in [6, 6.07) is 29.7. The Morgan fingerprint density at radius 2 is 1.20 bits per heavy atom. The van der Waals surface area contributed by atoms with E-state index < -0.39 is 53.0 Å². The molecule has 254 valence electrons. The highest BCUT2D eigenvalue weighted by Crippen LogP contribution is 2.51. The number of ketones is 3. The highest BCUT2D eigenvalue weighted by molar-refractivity contribution is 6.29. The number of carbonyl (C=O) groups excluding carboxylic acids is 4. The Kier molecular flexibility index (Phi) is 8.53. The molecule has 0 bridgehead atoms. The molecule has 13 heteroatoms. The van der Waals surface area contributed by atoms with Crippen LogP contribution in [0, 0.1) is 0 Å². The van der Waals surface area contributed by atoms with Gasteiger partial charge in [-0.2, -0.15) is 0 Å². The summed E-state index contributed by atoms with van der Waals surface area (Å²) in [5.74, 6) is -4.72. The number of hydrogen-bond donors (Lipinski definition) is 3. The second-order valence-corrected chi connectivity index (χ2v) is 11.8. The molecule has 3 heterocycles. The quantitative estimate of drug-likeness (QED) is 0.108. The number of nitrogens with two attached hydrogens (primary N) is 1. The monoisotopic (exact) mass is 683 g/mol. The molecule has 1 aliphatic heterocycles. The van der Waals surface area contributed by atoms with Crippen LogP contribution in [0.15, 0.2) is 134 Å². The SMILES string of the molecule is Nc1ncnc2c1ncn2[C@@H]1O[C@](C(=O)c2ccccc2)(C(OC(=O)c2ccccc2)(C(=O)c2ccccc2)C(=O)c2ccccc2)[C@@H](O)[C@H]1O. The smallest absolute Gasteiger partial charge is 0.339 e. The Labute approximate surface area is 289 Å². The van der Waals surface area contributed by atoms with E-state index in [4.69, 9.17) is 15.2 Å². The predicted octanol–water partition coefficient (Wildman–Crippen LogP) is 3.64. The third kappa shape index (κ3) is 5.27. The van der Waals surface area contributed by atoms with Crippen LogP contribution in [-0.2, 0) is 9.47 Å². The predicted molar refractivity (Wildman–Crippen MR) is 182 cm³/mol. The van der Waals surface area contributed by atoms with Gasteiger partial charge in [0.05, 0.1) is 11.9 Å². The van der Waals surface area contributed by atoms with Crippen LogP contribution >= 0.6 is 0 Å². The van der Waals surface area contributed by atoms with Crippen LogP contribution in [0.25, 0.3) is 11.2 Å². The minimum absolute atomic E-state index is 0.0111. The normalized spacial score (nSPS) is 20.2. The van der Waals surface area contributed by atoms with Crippen LogP contribution in [-0.4, -0.2) is 76.5 Å². The maximum absolute atomic E-state index is 15.3. The van der Waals surface area contributed by atoms with Crippen molar-refractivity contribution < 1.29 is 38.9 Å². The number of carbonyl (C=O) groups is 4. The summed E-state index contributed by atoms with van der Waals surface area (Å²) < 4.78 is 13.9. The summed E-state index contributed by atoms with van der Waals surface area (Å²) in [7, 11) is 0. The van der Waals surface area contributed by atoms with Crippen molar-refractivity contribution in [3.05, 3.63) is 156 Å². The lowest BCUT2D eigenvalue weighted by Gasteiger charge is -2.45. The van der Waals surface area contributed by atoms with Crippen molar-refractivity contribution in [1.29, 1.82) is 0 Å². The second-order valence-electron chi connectivity index (χ2n) is 11.8. The summed E-state index contributed by atoms with van der Waals surface area (Å²) in [6.45, 7) is 0. The van der Waals surface area contributed by atoms with E-state index >= 15 is 14.4 Å². The van der Waals surface area contributed by atoms with E-state index in [2.05, 4.69) is 15.0 Å². The molecule has 51 heavy (non-hydrogen) atoms. The molecule has 0 amide bonds. The number of benzene rings is 4. The van der Waals surface area contributed by atoms with Gasteiger partial charge >= 0.3 is 5.97 Å². The summed E-state index contributed by atoms with van der Waals surface area (Å²) in [4.78, 5) is 72.4. The number of esters is 1. The zero-order valence-corrected chi connectivity index (χ0v) is 26.6. The van der Waals surface area contributed by atoms with Gasteiger partial charge in [-0.1, -0.05) is 109 Å². The van der Waals surface area contributed by atoms with Crippen molar-refractivity contribution in [2.75, 3.05) is 5.73 Å². The number of rotatable bonds is 10. The number of aliphatic hydroxyl groups is 2. The third-order valence-electron chi connectivity index (χ3n) is 8.86. The van der Waals surface area contributed by atoms with Gasteiger partial charge in [-0.05, 0) is 12.1 Å². The lowest BCUT2D eigenvalue weighted by Crippen LogP contribution is -2.74. The van der Waals surface area contributed by atoms with Gasteiger partial charge in [-0.3, -0.25) is 19.0 Å². The first-order chi connectivity index (χ1) is 24.7. The van der Waals surface area contributed by atoms with Crippen LogP contribution in [0.4, 0.5) is 5.82 Å². The van der Waals surface area contributed by atoms with Crippen molar-refractivity contribution in [3.8, 4) is 0 Å². The molecule has 0 unspecified atom stereocenters. The van der Waals surface area contributed by atoms with Crippen LogP contribution in [0.5, 0.6) is 0 Å². The molecule has 0 aliphatic carbocycles. The number of Topliss-reactive ketones (excluding diaryl/α,β-unsaturated/α-hetero) is 3. The number of nitrogens with zero attached hydrogens (tertiary/aromatic N) is 4. The molecule has 1 fully saturated rings. The van der Waals surface area contributed by atoms with Crippen LogP contribution in [0.3, 0.4) is 0 Å². The molecule has 0 radical (unpaired) electrons. The number of hydrogen-bond acceptors (Lipinski definition) is 12. The number of aliphatic hydroxyl groups excluding tert-OH is 2. The molecular formula is C38H29N5O8. The lowest BCUT2D eigenvalue weighted by atomic mass is 9.66. The fourth-order valence-corrected chi connectivity index (χ4v) is 6.41. The highest BCUT2D eigenvalue weighted by Gasteiger charge is 2.77. The summed E-state index contributed by atoms with van der Waals surface area (Å²) >= 11 is 0. The standard InChI is InChI=1S/C38H29N5O8/c39-33-27-34(41-21-40-33)43(22-42-27)35-28(44)32(48)38(50-35,31(47)25-17-9-3-10-18-25)37(29(45)23-13-5-1-6-14-23,30(46)24-15-7-2-8-16-24)51-36(49)26-19-11-4-12-20-26/h1-22,28,32,35,44,48H,(H2,39,40,41)/t28-,32+,35-,38+/m1/s1. The molecule has 7 rings (SSSR count). The molecule has 0 spiro atoms. The van der Waals surface area contributed by atoms with Gasteiger partial charge in [0.25, 0.3) is 5.60 Å². The minimum atomic E-state index is -3.31. The maximum Gasteiger partial charge on any atom is 0.339 e. The Hall–Kier alpha value is -6.41. The van der Waals surface area contributed by atoms with E-state index in [0.717, 1.165) is 6.33 Å². The fraction of sp³-hybridized carbons (Fsp3) is 0.132. The van der Waals surface area contributed by atoms with Gasteiger partial charge in [0.15, 0.2) is 17.7 Å². The number of ether oxygens (including phenoxy) is 2. The average Bonchev–Trinajstić information content (AvgIpc) is 3.73. The molecule has 6 aromatic rings. The molecule has 1 aliphatic rings. The van der Waals surface area contributed by atoms with Gasteiger partial charge in [-0.25, -0.2) is 19.7 Å². The summed E-state index contributed by atoms with van der Waals surface area (Å²) in [5.41, 5.74) is -0.824. The molecule has 2 aromatic heterocycles. The Morgan fingerprint density at radius 1 is 0.706 bits per heavy atom. The van der Waals surface area contributed by atoms with E-state index in [1.165, 1.54) is 95.8 Å². The number of aromatic nitrogens is 4. The Morgan fingerprint density at radius 3 is 1.73 bits per heavy atom. The van der Waals surface area contributed by atoms with Crippen molar-refractivity contribution in [2.24, 2.45) is 0 Å². The lowest BCUT2D eigenvalue weighted by molar-refractivity contribution is -0.151. The molecule has 4 N–H and O–H groups in total. The largest absolute Gasteiger partial charge is 0.435 e. The van der Waals surface area contributed by atoms with E-state index in [-0.39, 0.29) is 39.2 Å². The van der Waals surface area contributed by atoms with Gasteiger partial charge in [0.1, 0.15) is 24.1 Å². The zero-order chi connectivity index (χ0) is 35.8. The molecule has 4 atom stereocenters. The van der Waals surface area contributed by atoms with Crippen LogP contribution < -0.4 is 5.73 Å². The van der Waals surface area contributed by atoms with Crippen LogP contribution in [0.1, 0.15) is 47.7 Å². The fourth-order valence-electron chi connectivity index (χ4n) is 6.41. The molecular weight excluding hydrogens is 654 g/mol.